The van der Waals surface area contributed by atoms with E-state index >= 15 is 0 Å². The third-order valence-electron chi connectivity index (χ3n) is 11.2. The summed E-state index contributed by atoms with van der Waals surface area (Å²) in [6.07, 6.45) is 2.50. The van der Waals surface area contributed by atoms with Crippen molar-refractivity contribution in [2.75, 3.05) is 16.9 Å². The lowest BCUT2D eigenvalue weighted by atomic mass is 9.51. The molecular formula is C41H34N2O7. The molecule has 2 aliphatic heterocycles. The Kier molecular flexibility index (Phi) is 7.33. The number of para-hydroxylation sites is 1. The van der Waals surface area contributed by atoms with Crippen molar-refractivity contribution in [1.82, 2.24) is 0 Å². The maximum Gasteiger partial charge on any atom is 0.241 e. The third-order valence-corrected chi connectivity index (χ3v) is 11.2. The smallest absolute Gasteiger partial charge is 0.241 e. The van der Waals surface area contributed by atoms with Crippen LogP contribution in [0, 0.1) is 29.1 Å². The number of amides is 4. The zero-order valence-electron chi connectivity index (χ0n) is 27.5. The number of carbonyl (C=O) groups is 5. The van der Waals surface area contributed by atoms with Gasteiger partial charge >= 0.3 is 0 Å². The van der Waals surface area contributed by atoms with Gasteiger partial charge in [-0.15, -0.1) is 0 Å². The molecule has 0 unspecified atom stereocenters. The number of carbonyl (C=O) groups excluding carboxylic acids is 5. The average molecular weight is 667 g/mol. The first-order chi connectivity index (χ1) is 24.1. The van der Waals surface area contributed by atoms with Crippen molar-refractivity contribution in [2.45, 2.75) is 25.7 Å². The molecule has 0 bridgehead atoms. The Bertz CT molecular complexity index is 2110. The molecule has 4 amide bonds. The molecule has 0 spiro atoms. The number of ketones is 1. The minimum Gasteiger partial charge on any atom is -0.504 e. The predicted octanol–water partition coefficient (Wildman–Crippen LogP) is 6.07. The standard InChI is InChI=1S/C41H34N2O7/c1-41-31(38(47)43(40(41)49)26-11-7-4-8-12-26)22-30-28(35(41)25-15-20-32(44)33(21-25)50-2)18-19-29-34(30)39(48)42(37(29)46)27-16-13-24(14-17-27)36(45)23-9-5-3-6-10-23/h3-18,20-21,29-31,34-35,44H,19,22H2,1-2H3/t29-,30+,31-,34-,35-,41+/m0/s1. The summed E-state index contributed by atoms with van der Waals surface area (Å²) >= 11 is 0. The van der Waals surface area contributed by atoms with Gasteiger partial charge in [-0.1, -0.05) is 66.2 Å². The molecule has 2 heterocycles. The summed E-state index contributed by atoms with van der Waals surface area (Å²) in [6.45, 7) is 1.82. The number of hydrogen-bond donors (Lipinski definition) is 1. The summed E-state index contributed by atoms with van der Waals surface area (Å²) in [5.41, 5.74) is 2.12. The van der Waals surface area contributed by atoms with Crippen molar-refractivity contribution < 1.29 is 33.8 Å². The van der Waals surface area contributed by atoms with E-state index in [4.69, 9.17) is 4.74 Å². The number of fused-ring (bicyclic) bond motifs is 4. The summed E-state index contributed by atoms with van der Waals surface area (Å²) in [7, 11) is 1.44. The Balaban J connectivity index is 1.19. The monoisotopic (exact) mass is 666 g/mol. The highest BCUT2D eigenvalue weighted by atomic mass is 16.5. The van der Waals surface area contributed by atoms with E-state index < -0.39 is 35.0 Å². The fraction of sp³-hybridized carbons (Fsp3) is 0.244. The van der Waals surface area contributed by atoms with Gasteiger partial charge in [-0.2, -0.15) is 0 Å². The summed E-state index contributed by atoms with van der Waals surface area (Å²) in [4.78, 5) is 72.8. The van der Waals surface area contributed by atoms with E-state index in [1.807, 2.05) is 25.1 Å². The number of anilines is 2. The lowest BCUT2D eigenvalue weighted by Crippen LogP contribution is -2.48. The van der Waals surface area contributed by atoms with Gasteiger partial charge in [0, 0.05) is 17.0 Å². The molecule has 8 rings (SSSR count). The van der Waals surface area contributed by atoms with Crippen molar-refractivity contribution in [3.63, 3.8) is 0 Å². The number of ether oxygens (including phenoxy) is 1. The zero-order valence-corrected chi connectivity index (χ0v) is 27.5. The topological polar surface area (TPSA) is 121 Å². The Morgan fingerprint density at radius 3 is 2.08 bits per heavy atom. The van der Waals surface area contributed by atoms with E-state index in [1.54, 1.807) is 84.9 Å². The molecule has 3 fully saturated rings. The Morgan fingerprint density at radius 2 is 1.40 bits per heavy atom. The molecule has 4 aliphatic rings. The second-order valence-corrected chi connectivity index (χ2v) is 13.7. The van der Waals surface area contributed by atoms with Crippen molar-refractivity contribution >= 4 is 40.8 Å². The summed E-state index contributed by atoms with van der Waals surface area (Å²) in [6, 6.07) is 29.1. The number of rotatable bonds is 6. The Labute approximate surface area is 288 Å². The first-order valence-electron chi connectivity index (χ1n) is 16.7. The van der Waals surface area contributed by atoms with E-state index in [0.717, 1.165) is 5.57 Å². The molecule has 0 radical (unpaired) electrons. The number of aromatic hydroxyl groups is 1. The second-order valence-electron chi connectivity index (χ2n) is 13.7. The van der Waals surface area contributed by atoms with Gasteiger partial charge in [0.2, 0.25) is 23.6 Å². The first kappa shape index (κ1) is 31.4. The molecular weight excluding hydrogens is 632 g/mol. The molecule has 1 N–H and O–H groups in total. The van der Waals surface area contributed by atoms with Gasteiger partial charge in [0.05, 0.1) is 41.7 Å². The number of hydrogen-bond acceptors (Lipinski definition) is 7. The summed E-state index contributed by atoms with van der Waals surface area (Å²) in [5.74, 6) is -4.65. The van der Waals surface area contributed by atoms with Crippen LogP contribution in [0.1, 0.15) is 47.2 Å². The number of imide groups is 2. The van der Waals surface area contributed by atoms with Crippen molar-refractivity contribution in [3.8, 4) is 11.5 Å². The third kappa shape index (κ3) is 4.49. The molecule has 2 aliphatic carbocycles. The fourth-order valence-corrected chi connectivity index (χ4v) is 8.86. The number of allylic oxidation sites excluding steroid dienone is 2. The zero-order chi connectivity index (χ0) is 34.9. The van der Waals surface area contributed by atoms with E-state index in [-0.39, 0.29) is 47.3 Å². The van der Waals surface area contributed by atoms with Gasteiger partial charge in [0.15, 0.2) is 17.3 Å². The lowest BCUT2D eigenvalue weighted by Gasteiger charge is -2.49. The number of phenols is 1. The van der Waals surface area contributed by atoms with Crippen LogP contribution in [0.25, 0.3) is 0 Å². The lowest BCUT2D eigenvalue weighted by molar-refractivity contribution is -0.131. The van der Waals surface area contributed by atoms with Gasteiger partial charge in [0.25, 0.3) is 0 Å². The van der Waals surface area contributed by atoms with E-state index in [9.17, 15) is 29.1 Å². The molecule has 4 aromatic carbocycles. The van der Waals surface area contributed by atoms with Gasteiger partial charge in [-0.25, -0.2) is 4.90 Å². The average Bonchev–Trinajstić information content (AvgIpc) is 3.51. The maximum atomic E-state index is 14.5. The highest BCUT2D eigenvalue weighted by molar-refractivity contribution is 6.25. The van der Waals surface area contributed by atoms with Crippen LogP contribution in [-0.4, -0.2) is 41.6 Å². The number of phenolic OH excluding ortho intramolecular Hbond substituents is 1. The van der Waals surface area contributed by atoms with Crippen LogP contribution in [0.4, 0.5) is 11.4 Å². The molecule has 4 aromatic rings. The molecule has 50 heavy (non-hydrogen) atoms. The van der Waals surface area contributed by atoms with Crippen LogP contribution in [0.15, 0.2) is 115 Å². The largest absolute Gasteiger partial charge is 0.504 e. The number of nitrogens with zero attached hydrogens (tertiary/aromatic N) is 2. The van der Waals surface area contributed by atoms with Gasteiger partial charge < -0.3 is 9.84 Å². The fourth-order valence-electron chi connectivity index (χ4n) is 8.86. The van der Waals surface area contributed by atoms with E-state index in [1.165, 1.54) is 23.0 Å². The van der Waals surface area contributed by atoms with Crippen molar-refractivity contribution in [2.24, 2.45) is 29.1 Å². The van der Waals surface area contributed by atoms with Crippen molar-refractivity contribution in [1.29, 1.82) is 0 Å². The second kappa shape index (κ2) is 11.7. The Morgan fingerprint density at radius 1 is 0.760 bits per heavy atom. The molecule has 9 nitrogen and oxygen atoms in total. The minimum absolute atomic E-state index is 0.0635. The van der Waals surface area contributed by atoms with Crippen LogP contribution in [0.5, 0.6) is 11.5 Å². The molecule has 1 saturated carbocycles. The SMILES string of the molecule is COc1cc([C@H]2C3=CC[C@@H]4C(=O)N(c5ccc(C(=O)c6ccccc6)cc5)C(=O)[C@@H]4[C@@H]3C[C@H]3C(=O)N(c4ccccc4)C(=O)[C@@]23C)ccc1O. The van der Waals surface area contributed by atoms with Crippen LogP contribution in [-0.2, 0) is 19.2 Å². The van der Waals surface area contributed by atoms with Crippen LogP contribution >= 0.6 is 0 Å². The highest BCUT2D eigenvalue weighted by Gasteiger charge is 2.67. The normalized spacial score (nSPS) is 27.1. The van der Waals surface area contributed by atoms with Crippen molar-refractivity contribution in [3.05, 3.63) is 131 Å². The highest BCUT2D eigenvalue weighted by Crippen LogP contribution is 2.64. The van der Waals surface area contributed by atoms with Crippen LogP contribution in [0.3, 0.4) is 0 Å². The van der Waals surface area contributed by atoms with Gasteiger partial charge in [0.1, 0.15) is 0 Å². The van der Waals surface area contributed by atoms with E-state index in [2.05, 4.69) is 0 Å². The minimum atomic E-state index is -1.21. The van der Waals surface area contributed by atoms with E-state index in [0.29, 0.717) is 34.5 Å². The molecule has 6 atom stereocenters. The summed E-state index contributed by atoms with van der Waals surface area (Å²) < 4.78 is 5.45. The molecule has 250 valence electrons. The predicted molar refractivity (Wildman–Crippen MR) is 185 cm³/mol. The van der Waals surface area contributed by atoms with Crippen LogP contribution < -0.4 is 14.5 Å². The maximum absolute atomic E-state index is 14.5. The quantitative estimate of drug-likeness (QED) is 0.151. The molecule has 9 heteroatoms. The number of benzene rings is 4. The Hall–Kier alpha value is -5.83. The van der Waals surface area contributed by atoms with Crippen LogP contribution in [0.2, 0.25) is 0 Å². The van der Waals surface area contributed by atoms with Gasteiger partial charge in [-0.05, 0) is 79.8 Å². The molecule has 0 aromatic heterocycles. The van der Waals surface area contributed by atoms with Gasteiger partial charge in [-0.3, -0.25) is 28.9 Å². The summed E-state index contributed by atoms with van der Waals surface area (Å²) in [5, 5.41) is 10.5. The number of methoxy groups -OCH3 is 1. The first-order valence-corrected chi connectivity index (χ1v) is 16.7. The molecule has 2 saturated heterocycles.